The maximum atomic E-state index is 11.0. The van der Waals surface area contributed by atoms with Gasteiger partial charge in [0.25, 0.3) is 0 Å². The number of carbonyl (C=O) groups is 1. The fourth-order valence-electron chi connectivity index (χ4n) is 1.50. The minimum Gasteiger partial charge on any atom is -0.359 e. The zero-order chi connectivity index (χ0) is 9.68. The lowest BCUT2D eigenvalue weighted by Crippen LogP contribution is -2.39. The van der Waals surface area contributed by atoms with Crippen molar-refractivity contribution in [1.82, 2.24) is 4.90 Å². The molecule has 4 nitrogen and oxygen atoms in total. The Kier molecular flexibility index (Phi) is 4.18. The first-order valence-electron chi connectivity index (χ1n) is 4.60. The molecule has 0 aromatic carbocycles. The van der Waals surface area contributed by atoms with Crippen molar-refractivity contribution in [2.75, 3.05) is 27.0 Å². The average Bonchev–Trinajstić information content (AvgIpc) is 2.15. The first-order valence-corrected chi connectivity index (χ1v) is 4.60. The van der Waals surface area contributed by atoms with Crippen LogP contribution in [0.2, 0.25) is 0 Å². The first kappa shape index (κ1) is 10.5. The third kappa shape index (κ3) is 3.32. The van der Waals surface area contributed by atoms with E-state index in [2.05, 4.69) is 0 Å². The summed E-state index contributed by atoms with van der Waals surface area (Å²) >= 11 is 0. The van der Waals surface area contributed by atoms with Gasteiger partial charge in [-0.05, 0) is 12.8 Å². The summed E-state index contributed by atoms with van der Waals surface area (Å²) in [5.74, 6) is 0.158. The Labute approximate surface area is 78.8 Å². The van der Waals surface area contributed by atoms with E-state index in [4.69, 9.17) is 9.47 Å². The van der Waals surface area contributed by atoms with E-state index in [0.29, 0.717) is 6.79 Å². The van der Waals surface area contributed by atoms with E-state index in [1.807, 2.05) is 4.90 Å². The van der Waals surface area contributed by atoms with Crippen LogP contribution in [-0.4, -0.2) is 43.9 Å². The standard InChI is InChI=1S/C9H17NO3/c1-8(11)10-5-3-9(4-6-10)13-7-12-2/h9H,3-7H2,1-2H3. The van der Waals surface area contributed by atoms with Crippen molar-refractivity contribution in [2.24, 2.45) is 0 Å². The number of methoxy groups -OCH3 is 1. The third-order valence-electron chi connectivity index (χ3n) is 2.31. The van der Waals surface area contributed by atoms with Gasteiger partial charge in [0.15, 0.2) is 0 Å². The molecule has 0 aliphatic carbocycles. The maximum Gasteiger partial charge on any atom is 0.219 e. The van der Waals surface area contributed by atoms with Crippen LogP contribution in [0.15, 0.2) is 0 Å². The molecule has 0 aromatic rings. The van der Waals surface area contributed by atoms with Gasteiger partial charge in [-0.3, -0.25) is 4.79 Å². The number of likely N-dealkylation sites (tertiary alicyclic amines) is 1. The predicted octanol–water partition coefficient (Wildman–Crippen LogP) is 0.618. The van der Waals surface area contributed by atoms with Gasteiger partial charge in [-0.2, -0.15) is 0 Å². The SMILES string of the molecule is COCOC1CCN(C(C)=O)CC1. The van der Waals surface area contributed by atoms with Crippen LogP contribution in [-0.2, 0) is 14.3 Å². The van der Waals surface area contributed by atoms with E-state index in [1.54, 1.807) is 14.0 Å². The second kappa shape index (κ2) is 5.19. The molecule has 0 aromatic heterocycles. The molecule has 1 saturated heterocycles. The average molecular weight is 187 g/mol. The second-order valence-corrected chi connectivity index (χ2v) is 3.28. The van der Waals surface area contributed by atoms with Crippen molar-refractivity contribution in [1.29, 1.82) is 0 Å². The Bertz CT molecular complexity index is 164. The Balaban J connectivity index is 2.18. The molecule has 4 heteroatoms. The van der Waals surface area contributed by atoms with E-state index in [9.17, 15) is 4.79 Å². The molecular formula is C9H17NO3. The van der Waals surface area contributed by atoms with Crippen LogP contribution in [0.5, 0.6) is 0 Å². The summed E-state index contributed by atoms with van der Waals surface area (Å²) in [6.07, 6.45) is 2.10. The van der Waals surface area contributed by atoms with Gasteiger partial charge in [0.1, 0.15) is 6.79 Å². The molecule has 0 bridgehead atoms. The number of amides is 1. The molecule has 1 fully saturated rings. The van der Waals surface area contributed by atoms with E-state index in [0.717, 1.165) is 25.9 Å². The molecule has 0 atom stereocenters. The summed E-state index contributed by atoms with van der Waals surface area (Å²) in [5.41, 5.74) is 0. The molecule has 0 saturated carbocycles. The Hall–Kier alpha value is -0.610. The maximum absolute atomic E-state index is 11.0. The zero-order valence-corrected chi connectivity index (χ0v) is 8.28. The highest BCUT2D eigenvalue weighted by Crippen LogP contribution is 2.13. The summed E-state index contributed by atoms with van der Waals surface area (Å²) in [7, 11) is 1.62. The lowest BCUT2D eigenvalue weighted by Gasteiger charge is -2.30. The molecule has 1 rings (SSSR count). The fraction of sp³-hybridized carbons (Fsp3) is 0.889. The highest BCUT2D eigenvalue weighted by atomic mass is 16.7. The molecule has 13 heavy (non-hydrogen) atoms. The number of hydrogen-bond donors (Lipinski definition) is 0. The van der Waals surface area contributed by atoms with Crippen molar-refractivity contribution in [3.05, 3.63) is 0 Å². The van der Waals surface area contributed by atoms with Crippen molar-refractivity contribution in [3.63, 3.8) is 0 Å². The normalized spacial score (nSPS) is 19.1. The van der Waals surface area contributed by atoms with Gasteiger partial charge in [-0.25, -0.2) is 0 Å². The number of nitrogens with zero attached hydrogens (tertiary/aromatic N) is 1. The molecule has 0 unspecified atom stereocenters. The number of rotatable bonds is 3. The molecule has 0 N–H and O–H groups in total. The smallest absolute Gasteiger partial charge is 0.219 e. The van der Waals surface area contributed by atoms with Crippen LogP contribution in [0.3, 0.4) is 0 Å². The number of hydrogen-bond acceptors (Lipinski definition) is 3. The van der Waals surface area contributed by atoms with Gasteiger partial charge in [-0.1, -0.05) is 0 Å². The summed E-state index contributed by atoms with van der Waals surface area (Å²) in [4.78, 5) is 12.8. The van der Waals surface area contributed by atoms with Gasteiger partial charge in [-0.15, -0.1) is 0 Å². The predicted molar refractivity (Wildman–Crippen MR) is 48.2 cm³/mol. The van der Waals surface area contributed by atoms with Crippen LogP contribution in [0.25, 0.3) is 0 Å². The topological polar surface area (TPSA) is 38.8 Å². The van der Waals surface area contributed by atoms with Crippen LogP contribution >= 0.6 is 0 Å². The van der Waals surface area contributed by atoms with Crippen molar-refractivity contribution in [3.8, 4) is 0 Å². The van der Waals surface area contributed by atoms with Gasteiger partial charge >= 0.3 is 0 Å². The first-order chi connectivity index (χ1) is 6.24. The van der Waals surface area contributed by atoms with Crippen LogP contribution in [0.1, 0.15) is 19.8 Å². The lowest BCUT2D eigenvalue weighted by molar-refractivity contribution is -0.133. The molecule has 1 aliphatic rings. The number of carbonyl (C=O) groups excluding carboxylic acids is 1. The molecule has 76 valence electrons. The van der Waals surface area contributed by atoms with Crippen LogP contribution in [0, 0.1) is 0 Å². The zero-order valence-electron chi connectivity index (χ0n) is 8.28. The highest BCUT2D eigenvalue weighted by Gasteiger charge is 2.20. The molecule has 0 radical (unpaired) electrons. The molecule has 0 spiro atoms. The summed E-state index contributed by atoms with van der Waals surface area (Å²) < 4.78 is 10.2. The monoisotopic (exact) mass is 187 g/mol. The minimum absolute atomic E-state index is 0.158. The Morgan fingerprint density at radius 1 is 1.46 bits per heavy atom. The minimum atomic E-state index is 0.158. The van der Waals surface area contributed by atoms with Crippen molar-refractivity contribution in [2.45, 2.75) is 25.9 Å². The van der Waals surface area contributed by atoms with Crippen molar-refractivity contribution < 1.29 is 14.3 Å². The summed E-state index contributed by atoms with van der Waals surface area (Å²) in [6.45, 7) is 3.58. The molecule has 1 amide bonds. The summed E-state index contributed by atoms with van der Waals surface area (Å²) in [5, 5.41) is 0. The molecule has 1 heterocycles. The van der Waals surface area contributed by atoms with Crippen LogP contribution < -0.4 is 0 Å². The van der Waals surface area contributed by atoms with Gasteiger partial charge < -0.3 is 14.4 Å². The van der Waals surface area contributed by atoms with Gasteiger partial charge in [0.2, 0.25) is 5.91 Å². The lowest BCUT2D eigenvalue weighted by atomic mass is 10.1. The summed E-state index contributed by atoms with van der Waals surface area (Å²) in [6, 6.07) is 0. The van der Waals surface area contributed by atoms with Crippen LogP contribution in [0.4, 0.5) is 0 Å². The largest absolute Gasteiger partial charge is 0.359 e. The van der Waals surface area contributed by atoms with Gasteiger partial charge in [0, 0.05) is 27.1 Å². The number of piperidine rings is 1. The molecule has 1 aliphatic heterocycles. The van der Waals surface area contributed by atoms with E-state index in [1.165, 1.54) is 0 Å². The fourth-order valence-corrected chi connectivity index (χ4v) is 1.50. The second-order valence-electron chi connectivity index (χ2n) is 3.28. The quantitative estimate of drug-likeness (QED) is 0.608. The Morgan fingerprint density at radius 2 is 2.08 bits per heavy atom. The highest BCUT2D eigenvalue weighted by molar-refractivity contribution is 5.73. The number of ether oxygens (including phenoxy) is 2. The van der Waals surface area contributed by atoms with E-state index >= 15 is 0 Å². The third-order valence-corrected chi connectivity index (χ3v) is 2.31. The van der Waals surface area contributed by atoms with E-state index in [-0.39, 0.29) is 12.0 Å². The Morgan fingerprint density at radius 3 is 2.54 bits per heavy atom. The van der Waals surface area contributed by atoms with E-state index < -0.39 is 0 Å². The van der Waals surface area contributed by atoms with Crippen molar-refractivity contribution >= 4 is 5.91 Å². The van der Waals surface area contributed by atoms with Gasteiger partial charge in [0.05, 0.1) is 6.10 Å². The molecular weight excluding hydrogens is 170 g/mol.